The summed E-state index contributed by atoms with van der Waals surface area (Å²) in [5.41, 5.74) is 2.59. The van der Waals surface area contributed by atoms with Crippen LogP contribution < -0.4 is 20.7 Å². The van der Waals surface area contributed by atoms with E-state index in [-0.39, 0.29) is 46.3 Å². The van der Waals surface area contributed by atoms with Crippen molar-refractivity contribution in [1.82, 2.24) is 20.9 Å². The molecule has 0 bridgehead atoms. The van der Waals surface area contributed by atoms with Gasteiger partial charge < -0.3 is 35.8 Å². The number of carbonyl (C=O) groups is 3. The minimum atomic E-state index is -1.06. The molecule has 5 aliphatic carbocycles. The van der Waals surface area contributed by atoms with E-state index in [1.807, 2.05) is 18.2 Å². The molecule has 1 aliphatic heterocycles. The van der Waals surface area contributed by atoms with Gasteiger partial charge in [0.25, 0.3) is 5.91 Å². The van der Waals surface area contributed by atoms with E-state index in [0.717, 1.165) is 83.2 Å². The number of aromatic carboxylic acids is 1. The number of carboxylic acid groups (broad SMARTS) is 1. The van der Waals surface area contributed by atoms with Crippen molar-refractivity contribution < 1.29 is 29.3 Å². The van der Waals surface area contributed by atoms with E-state index in [9.17, 15) is 24.6 Å². The molecule has 6 fully saturated rings. The molecule has 8 rings (SSSR count). The summed E-state index contributed by atoms with van der Waals surface area (Å²) in [6.45, 7) is 15.9. The third-order valence-electron chi connectivity index (χ3n) is 17.6. The molecule has 5 N–H and O–H groups in total. The number of nitrogens with one attached hydrogen (secondary N) is 3. The summed E-state index contributed by atoms with van der Waals surface area (Å²) in [5.74, 6) is 2.31. The topological polar surface area (TPSA) is 140 Å². The second-order valence-electron chi connectivity index (χ2n) is 20.9. The molecular formula is C50H72N4O6. The highest BCUT2D eigenvalue weighted by Crippen LogP contribution is 2.73. The van der Waals surface area contributed by atoms with Crippen LogP contribution in [-0.2, 0) is 17.8 Å². The molecule has 6 aliphatic rings. The van der Waals surface area contributed by atoms with Crippen LogP contribution in [0.1, 0.15) is 137 Å². The number of amides is 2. The molecular weight excluding hydrogens is 753 g/mol. The molecule has 1 saturated heterocycles. The summed E-state index contributed by atoms with van der Waals surface area (Å²) < 4.78 is 5.88. The Bertz CT molecular complexity index is 1890. The van der Waals surface area contributed by atoms with Gasteiger partial charge in [-0.05, 0) is 158 Å². The van der Waals surface area contributed by atoms with Crippen LogP contribution in [0.25, 0.3) is 0 Å². The molecule has 60 heavy (non-hydrogen) atoms. The Hall–Kier alpha value is -3.47. The Morgan fingerprint density at radius 3 is 2.43 bits per heavy atom. The van der Waals surface area contributed by atoms with Gasteiger partial charge in [-0.1, -0.05) is 52.3 Å². The fourth-order valence-electron chi connectivity index (χ4n) is 14.6. The lowest BCUT2D eigenvalue weighted by Crippen LogP contribution is -2.63. The van der Waals surface area contributed by atoms with Crippen LogP contribution in [0, 0.1) is 51.2 Å². The number of aliphatic hydroxyl groups excluding tert-OH is 1. The van der Waals surface area contributed by atoms with Gasteiger partial charge in [0.15, 0.2) is 0 Å². The SMILES string of the molecule is CC1(C)C(O)CCC2(C)C1CCC1(C)C3CCC4(C(=O)NCCc5cccc(C(=O)NCc6ccc(OCCCN7CCNCC7)c(C(=O)O)c6)c5)CCCC4C3CCC12. The Labute approximate surface area is 358 Å². The van der Waals surface area contributed by atoms with Crippen LogP contribution in [-0.4, -0.2) is 84.9 Å². The second kappa shape index (κ2) is 17.4. The summed E-state index contributed by atoms with van der Waals surface area (Å²) in [7, 11) is 0. The number of nitrogens with zero attached hydrogens (tertiary/aromatic N) is 1. The molecule has 5 saturated carbocycles. The number of benzene rings is 2. The maximum Gasteiger partial charge on any atom is 0.339 e. The minimum Gasteiger partial charge on any atom is -0.493 e. The summed E-state index contributed by atoms with van der Waals surface area (Å²) >= 11 is 0. The number of carboxylic acids is 1. The van der Waals surface area contributed by atoms with Crippen LogP contribution in [0.2, 0.25) is 0 Å². The van der Waals surface area contributed by atoms with Crippen molar-refractivity contribution in [1.29, 1.82) is 0 Å². The van der Waals surface area contributed by atoms with Gasteiger partial charge in [0, 0.05) is 51.4 Å². The van der Waals surface area contributed by atoms with Gasteiger partial charge in [0.1, 0.15) is 11.3 Å². The van der Waals surface area contributed by atoms with Crippen LogP contribution in [0.4, 0.5) is 0 Å². The van der Waals surface area contributed by atoms with E-state index in [4.69, 9.17) is 4.74 Å². The van der Waals surface area contributed by atoms with Gasteiger partial charge in [-0.3, -0.25) is 9.59 Å². The number of fused-ring (bicyclic) bond motifs is 7. The highest BCUT2D eigenvalue weighted by atomic mass is 16.5. The predicted molar refractivity (Wildman–Crippen MR) is 234 cm³/mol. The maximum atomic E-state index is 14.3. The first-order valence-corrected chi connectivity index (χ1v) is 23.5. The van der Waals surface area contributed by atoms with Crippen molar-refractivity contribution in [3.63, 3.8) is 0 Å². The number of hydrogen-bond donors (Lipinski definition) is 5. The van der Waals surface area contributed by atoms with Crippen LogP contribution >= 0.6 is 0 Å². The average Bonchev–Trinajstić information content (AvgIpc) is 3.70. The normalized spacial score (nSPS) is 34.6. The van der Waals surface area contributed by atoms with Gasteiger partial charge >= 0.3 is 5.97 Å². The number of hydrogen-bond acceptors (Lipinski definition) is 7. The van der Waals surface area contributed by atoms with Crippen LogP contribution in [0.15, 0.2) is 42.5 Å². The first kappa shape index (κ1) is 43.2. The number of ether oxygens (including phenoxy) is 1. The third kappa shape index (κ3) is 8.03. The Morgan fingerprint density at radius 2 is 1.63 bits per heavy atom. The van der Waals surface area contributed by atoms with Crippen molar-refractivity contribution in [2.45, 2.75) is 124 Å². The molecule has 2 aromatic carbocycles. The molecule has 10 heteroatoms. The summed E-state index contributed by atoms with van der Waals surface area (Å²) in [5, 5.41) is 30.6. The van der Waals surface area contributed by atoms with Crippen LogP contribution in [0.3, 0.4) is 0 Å². The molecule has 0 spiro atoms. The van der Waals surface area contributed by atoms with E-state index in [1.54, 1.807) is 24.3 Å². The van der Waals surface area contributed by atoms with Crippen molar-refractivity contribution >= 4 is 17.8 Å². The van der Waals surface area contributed by atoms with Gasteiger partial charge in [-0.15, -0.1) is 0 Å². The highest BCUT2D eigenvalue weighted by Gasteiger charge is 2.67. The molecule has 9 unspecified atom stereocenters. The predicted octanol–water partition coefficient (Wildman–Crippen LogP) is 7.47. The lowest BCUT2D eigenvalue weighted by molar-refractivity contribution is -0.214. The molecule has 0 aromatic heterocycles. The van der Waals surface area contributed by atoms with Gasteiger partial charge in [-0.25, -0.2) is 4.79 Å². The molecule has 9 atom stereocenters. The summed E-state index contributed by atoms with van der Waals surface area (Å²) in [4.78, 5) is 42.1. The monoisotopic (exact) mass is 825 g/mol. The summed E-state index contributed by atoms with van der Waals surface area (Å²) in [6.07, 6.45) is 13.7. The second-order valence-corrected chi connectivity index (χ2v) is 20.9. The minimum absolute atomic E-state index is 0.0335. The Kier molecular flexibility index (Phi) is 12.5. The van der Waals surface area contributed by atoms with E-state index in [2.05, 4.69) is 48.5 Å². The standard InChI is InChI=1S/C50H72N4O6/c1-47(2)41-16-20-48(3)38-15-22-50(19-6-10-39(50)36(38)12-14-42(48)49(41,4)21-17-43(47)55)46(59)52-23-18-33-8-5-9-35(30-33)44(56)53-32-34-11-13-40(37(31-34)45(57)58)60-29-7-26-54-27-24-51-25-28-54/h5,8-9,11,13,30-31,36,38-39,41-43,51,55H,6-7,10,12,14-29,32H2,1-4H3,(H,52,59)(H,53,56)(H,57,58). The van der Waals surface area contributed by atoms with Gasteiger partial charge in [-0.2, -0.15) is 0 Å². The largest absolute Gasteiger partial charge is 0.493 e. The van der Waals surface area contributed by atoms with E-state index >= 15 is 0 Å². The average molecular weight is 825 g/mol. The zero-order chi connectivity index (χ0) is 42.3. The maximum absolute atomic E-state index is 14.3. The van der Waals surface area contributed by atoms with Crippen LogP contribution in [0.5, 0.6) is 5.75 Å². The Morgan fingerprint density at radius 1 is 0.833 bits per heavy atom. The van der Waals surface area contributed by atoms with Crippen molar-refractivity contribution in [2.24, 2.45) is 51.2 Å². The zero-order valence-electron chi connectivity index (χ0n) is 36.8. The fourth-order valence-corrected chi connectivity index (χ4v) is 14.6. The number of aliphatic hydroxyl groups is 1. The van der Waals surface area contributed by atoms with Crippen molar-refractivity contribution in [3.05, 3.63) is 64.7 Å². The molecule has 2 aromatic rings. The first-order chi connectivity index (χ1) is 28.8. The van der Waals surface area contributed by atoms with Gasteiger partial charge in [0.2, 0.25) is 5.91 Å². The smallest absolute Gasteiger partial charge is 0.339 e. The molecule has 328 valence electrons. The Balaban J connectivity index is 0.834. The number of rotatable bonds is 13. The molecule has 1 heterocycles. The van der Waals surface area contributed by atoms with E-state index in [1.165, 1.54) is 32.1 Å². The first-order valence-electron chi connectivity index (χ1n) is 23.5. The molecule has 10 nitrogen and oxygen atoms in total. The van der Waals surface area contributed by atoms with Gasteiger partial charge in [0.05, 0.1) is 18.1 Å². The lowest BCUT2D eigenvalue weighted by Gasteiger charge is -2.69. The lowest BCUT2D eigenvalue weighted by atomic mass is 9.36. The number of piperazine rings is 1. The van der Waals surface area contributed by atoms with Crippen molar-refractivity contribution in [3.8, 4) is 5.75 Å². The van der Waals surface area contributed by atoms with Crippen molar-refractivity contribution in [2.75, 3.05) is 45.9 Å². The fraction of sp³-hybridized carbons (Fsp3) is 0.700. The third-order valence-corrected chi connectivity index (χ3v) is 17.6. The number of carbonyl (C=O) groups excluding carboxylic acids is 2. The quantitative estimate of drug-likeness (QED) is 0.131. The molecule has 0 radical (unpaired) electrons. The molecule has 2 amide bonds. The summed E-state index contributed by atoms with van der Waals surface area (Å²) in [6, 6.07) is 12.6. The zero-order valence-corrected chi connectivity index (χ0v) is 36.8. The highest BCUT2D eigenvalue weighted by molar-refractivity contribution is 5.94. The van der Waals surface area contributed by atoms with E-state index in [0.29, 0.717) is 71.5 Å². The van der Waals surface area contributed by atoms with E-state index < -0.39 is 5.97 Å².